The Morgan fingerprint density at radius 2 is 1.81 bits per heavy atom. The van der Waals surface area contributed by atoms with E-state index in [4.69, 9.17) is 17.3 Å². The summed E-state index contributed by atoms with van der Waals surface area (Å²) in [6.45, 7) is 9.07. The Labute approximate surface area is 132 Å². The molecule has 1 aromatic carbocycles. The molecule has 1 fully saturated rings. The first-order chi connectivity index (χ1) is 9.58. The lowest BCUT2D eigenvalue weighted by Crippen LogP contribution is -2.46. The number of rotatable bonds is 2. The molecule has 3 N–H and O–H groups in total. The van der Waals surface area contributed by atoms with Crippen LogP contribution in [0.15, 0.2) is 18.2 Å². The van der Waals surface area contributed by atoms with E-state index in [1.165, 1.54) is 6.42 Å². The molecule has 0 unspecified atom stereocenters. The van der Waals surface area contributed by atoms with Crippen LogP contribution < -0.4 is 11.1 Å². The van der Waals surface area contributed by atoms with Crippen molar-refractivity contribution in [1.82, 2.24) is 5.32 Å². The minimum absolute atomic E-state index is 0.109. The Bertz CT molecular complexity index is 536. The number of carbonyl (C=O) groups excluding carboxylic acids is 1. The molecule has 1 saturated carbocycles. The van der Waals surface area contributed by atoms with Crippen LogP contribution in [-0.2, 0) is 0 Å². The van der Waals surface area contributed by atoms with Crippen molar-refractivity contribution in [2.75, 3.05) is 5.73 Å². The number of anilines is 1. The van der Waals surface area contributed by atoms with Gasteiger partial charge in [-0.25, -0.2) is 0 Å². The van der Waals surface area contributed by atoms with Crippen molar-refractivity contribution in [3.63, 3.8) is 0 Å². The molecule has 21 heavy (non-hydrogen) atoms. The number of amides is 1. The summed E-state index contributed by atoms with van der Waals surface area (Å²) >= 11 is 5.88. The van der Waals surface area contributed by atoms with E-state index >= 15 is 0 Å². The number of hydrogen-bond donors (Lipinski definition) is 2. The van der Waals surface area contributed by atoms with Gasteiger partial charge >= 0.3 is 0 Å². The minimum atomic E-state index is -0.109. The number of halogens is 1. The van der Waals surface area contributed by atoms with E-state index in [1.54, 1.807) is 18.2 Å². The van der Waals surface area contributed by atoms with E-state index in [-0.39, 0.29) is 22.8 Å². The number of nitrogens with two attached hydrogens (primary N) is 1. The number of benzene rings is 1. The van der Waals surface area contributed by atoms with E-state index in [0.717, 1.165) is 12.8 Å². The van der Waals surface area contributed by atoms with Crippen LogP contribution in [0.4, 0.5) is 5.69 Å². The van der Waals surface area contributed by atoms with Crippen LogP contribution >= 0.6 is 11.6 Å². The quantitative estimate of drug-likeness (QED) is 0.802. The summed E-state index contributed by atoms with van der Waals surface area (Å²) in [5.74, 6) is -0.109. The summed E-state index contributed by atoms with van der Waals surface area (Å²) in [7, 11) is 0. The fourth-order valence-electron chi connectivity index (χ4n) is 3.95. The zero-order valence-corrected chi connectivity index (χ0v) is 14.1. The zero-order valence-electron chi connectivity index (χ0n) is 13.3. The second-order valence-corrected chi connectivity index (χ2v) is 8.25. The van der Waals surface area contributed by atoms with Gasteiger partial charge < -0.3 is 11.1 Å². The molecule has 0 heterocycles. The van der Waals surface area contributed by atoms with Crippen LogP contribution in [0.1, 0.15) is 57.3 Å². The highest BCUT2D eigenvalue weighted by molar-refractivity contribution is 6.31. The molecule has 0 bridgehead atoms. The van der Waals surface area contributed by atoms with E-state index in [9.17, 15) is 4.79 Å². The number of nitrogens with one attached hydrogen (secondary N) is 1. The second kappa shape index (κ2) is 5.53. The fraction of sp³-hybridized carbons (Fsp3) is 0.588. The summed E-state index contributed by atoms with van der Waals surface area (Å²) in [5, 5.41) is 3.69. The van der Waals surface area contributed by atoms with Gasteiger partial charge in [0, 0.05) is 16.8 Å². The highest BCUT2D eigenvalue weighted by atomic mass is 35.5. The van der Waals surface area contributed by atoms with Crippen molar-refractivity contribution >= 4 is 23.2 Å². The lowest BCUT2D eigenvalue weighted by molar-refractivity contribution is 0.0714. The number of hydrogen-bond acceptors (Lipinski definition) is 2. The van der Waals surface area contributed by atoms with Crippen LogP contribution in [0.5, 0.6) is 0 Å². The first-order valence-electron chi connectivity index (χ1n) is 7.44. The van der Waals surface area contributed by atoms with E-state index in [1.807, 2.05) is 0 Å². The van der Waals surface area contributed by atoms with Gasteiger partial charge in [-0.2, -0.15) is 0 Å². The first-order valence-corrected chi connectivity index (χ1v) is 7.82. The maximum Gasteiger partial charge on any atom is 0.253 e. The summed E-state index contributed by atoms with van der Waals surface area (Å²) in [6, 6.07) is 5.19. The Balaban J connectivity index is 2.12. The van der Waals surface area contributed by atoms with Gasteiger partial charge in [0.1, 0.15) is 0 Å². The standard InChI is InChI=1S/C17H25ClN2O/c1-16(2)8-12(9-17(3,4)10-16)20-15(21)13-6-5-11(18)7-14(13)19/h5-7,12H,8-10,19H2,1-4H3,(H,20,21). The monoisotopic (exact) mass is 308 g/mol. The van der Waals surface area contributed by atoms with Crippen molar-refractivity contribution in [2.45, 2.75) is 53.0 Å². The van der Waals surface area contributed by atoms with Crippen LogP contribution in [0.25, 0.3) is 0 Å². The molecule has 1 aliphatic rings. The van der Waals surface area contributed by atoms with Gasteiger partial charge in [0.25, 0.3) is 5.91 Å². The van der Waals surface area contributed by atoms with Crippen molar-refractivity contribution in [3.05, 3.63) is 28.8 Å². The third-order valence-corrected chi connectivity index (χ3v) is 4.38. The van der Waals surface area contributed by atoms with Crippen molar-refractivity contribution < 1.29 is 4.79 Å². The summed E-state index contributed by atoms with van der Waals surface area (Å²) in [5.41, 5.74) is 7.30. The Morgan fingerprint density at radius 1 is 1.24 bits per heavy atom. The molecule has 0 spiro atoms. The van der Waals surface area contributed by atoms with Gasteiger partial charge in [0.2, 0.25) is 0 Å². The van der Waals surface area contributed by atoms with Gasteiger partial charge in [0.15, 0.2) is 0 Å². The molecule has 0 radical (unpaired) electrons. The van der Waals surface area contributed by atoms with E-state index in [2.05, 4.69) is 33.0 Å². The summed E-state index contributed by atoms with van der Waals surface area (Å²) < 4.78 is 0. The molecule has 0 saturated heterocycles. The highest BCUT2D eigenvalue weighted by Gasteiger charge is 2.39. The SMILES string of the molecule is CC1(C)CC(NC(=O)c2ccc(Cl)cc2N)CC(C)(C)C1. The minimum Gasteiger partial charge on any atom is -0.398 e. The lowest BCUT2D eigenvalue weighted by Gasteiger charge is -2.45. The van der Waals surface area contributed by atoms with Crippen LogP contribution in [0, 0.1) is 10.8 Å². The lowest BCUT2D eigenvalue weighted by atomic mass is 9.63. The molecular formula is C17H25ClN2O. The van der Waals surface area contributed by atoms with Crippen LogP contribution in [0.3, 0.4) is 0 Å². The summed E-state index contributed by atoms with van der Waals surface area (Å²) in [4.78, 5) is 12.4. The van der Waals surface area contributed by atoms with Crippen molar-refractivity contribution in [3.8, 4) is 0 Å². The average molecular weight is 309 g/mol. The molecule has 0 aliphatic heterocycles. The van der Waals surface area contributed by atoms with E-state index in [0.29, 0.717) is 16.3 Å². The van der Waals surface area contributed by atoms with Crippen molar-refractivity contribution in [1.29, 1.82) is 0 Å². The molecule has 3 nitrogen and oxygen atoms in total. The number of nitrogen functional groups attached to an aromatic ring is 1. The van der Waals surface area contributed by atoms with Gasteiger partial charge in [-0.3, -0.25) is 4.79 Å². The van der Waals surface area contributed by atoms with Crippen LogP contribution in [-0.4, -0.2) is 11.9 Å². The predicted octanol–water partition coefficient (Wildman–Crippen LogP) is 4.26. The maximum atomic E-state index is 12.4. The normalized spacial score (nSPS) is 21.0. The molecule has 1 aromatic rings. The zero-order chi connectivity index (χ0) is 15.8. The first kappa shape index (κ1) is 16.2. The molecule has 116 valence electrons. The number of carbonyl (C=O) groups is 1. The molecule has 2 rings (SSSR count). The van der Waals surface area contributed by atoms with Gasteiger partial charge in [0.05, 0.1) is 5.56 Å². The molecular weight excluding hydrogens is 284 g/mol. The van der Waals surface area contributed by atoms with Gasteiger partial charge in [-0.15, -0.1) is 0 Å². The maximum absolute atomic E-state index is 12.4. The predicted molar refractivity (Wildman–Crippen MR) is 88.5 cm³/mol. The molecule has 0 aromatic heterocycles. The molecule has 1 aliphatic carbocycles. The smallest absolute Gasteiger partial charge is 0.253 e. The van der Waals surface area contributed by atoms with Gasteiger partial charge in [-0.05, 0) is 48.3 Å². The van der Waals surface area contributed by atoms with E-state index < -0.39 is 0 Å². The van der Waals surface area contributed by atoms with Crippen molar-refractivity contribution in [2.24, 2.45) is 10.8 Å². The third kappa shape index (κ3) is 4.13. The fourth-order valence-corrected chi connectivity index (χ4v) is 4.13. The van der Waals surface area contributed by atoms with Crippen LogP contribution in [0.2, 0.25) is 5.02 Å². The Hall–Kier alpha value is -1.22. The molecule has 0 atom stereocenters. The largest absolute Gasteiger partial charge is 0.398 e. The second-order valence-electron chi connectivity index (χ2n) is 7.82. The molecule has 1 amide bonds. The summed E-state index contributed by atoms with van der Waals surface area (Å²) in [6.07, 6.45) is 3.17. The Morgan fingerprint density at radius 3 is 2.33 bits per heavy atom. The average Bonchev–Trinajstić information content (AvgIpc) is 2.23. The third-order valence-electron chi connectivity index (χ3n) is 4.15. The Kier molecular flexibility index (Phi) is 4.25. The van der Waals surface area contributed by atoms with Gasteiger partial charge in [-0.1, -0.05) is 39.3 Å². The highest BCUT2D eigenvalue weighted by Crippen LogP contribution is 2.45. The molecule has 4 heteroatoms. The topological polar surface area (TPSA) is 55.1 Å².